The maximum Gasteiger partial charge on any atom is 0.123 e. The lowest BCUT2D eigenvalue weighted by atomic mass is 10.0. The number of benzene rings is 1. The van der Waals surface area contributed by atoms with E-state index in [1.54, 1.807) is 0 Å². The molecule has 0 spiro atoms. The maximum atomic E-state index is 12.9. The number of hydrogen-bond donors (Lipinski definition) is 1. The molecular formula is C17H28FN. The maximum absolute atomic E-state index is 12.9. The lowest BCUT2D eigenvalue weighted by Crippen LogP contribution is -2.28. The van der Waals surface area contributed by atoms with Crippen molar-refractivity contribution in [2.45, 2.75) is 71.4 Å². The van der Waals surface area contributed by atoms with Crippen molar-refractivity contribution in [3.63, 3.8) is 0 Å². The molecule has 0 saturated heterocycles. The van der Waals surface area contributed by atoms with Crippen molar-refractivity contribution in [3.8, 4) is 0 Å². The summed E-state index contributed by atoms with van der Waals surface area (Å²) in [4.78, 5) is 0. The largest absolute Gasteiger partial charge is 0.308 e. The molecule has 0 radical (unpaired) electrons. The zero-order valence-corrected chi connectivity index (χ0v) is 12.6. The second-order valence-electron chi connectivity index (χ2n) is 5.54. The van der Waals surface area contributed by atoms with Crippen LogP contribution in [-0.2, 0) is 0 Å². The highest BCUT2D eigenvalue weighted by atomic mass is 19.1. The quantitative estimate of drug-likeness (QED) is 0.603. The van der Waals surface area contributed by atoms with Gasteiger partial charge in [-0.1, -0.05) is 51.2 Å². The highest BCUT2D eigenvalue weighted by Crippen LogP contribution is 2.15. The van der Waals surface area contributed by atoms with Crippen LogP contribution >= 0.6 is 0 Å². The molecule has 1 aromatic carbocycles. The minimum absolute atomic E-state index is 0.167. The van der Waals surface area contributed by atoms with Gasteiger partial charge in [-0.05, 0) is 38.0 Å². The molecule has 1 rings (SSSR count). The van der Waals surface area contributed by atoms with E-state index in [0.717, 1.165) is 5.56 Å². The number of rotatable bonds is 9. The van der Waals surface area contributed by atoms with Crippen LogP contribution in [0.1, 0.15) is 70.9 Å². The summed E-state index contributed by atoms with van der Waals surface area (Å²) in [6, 6.07) is 7.58. The molecule has 2 unspecified atom stereocenters. The van der Waals surface area contributed by atoms with Gasteiger partial charge in [-0.25, -0.2) is 4.39 Å². The van der Waals surface area contributed by atoms with E-state index in [9.17, 15) is 4.39 Å². The first-order chi connectivity index (χ1) is 9.13. The molecule has 2 atom stereocenters. The predicted molar refractivity (Wildman–Crippen MR) is 80.8 cm³/mol. The van der Waals surface area contributed by atoms with E-state index in [-0.39, 0.29) is 11.9 Å². The second-order valence-corrected chi connectivity index (χ2v) is 5.54. The van der Waals surface area contributed by atoms with Gasteiger partial charge >= 0.3 is 0 Å². The lowest BCUT2D eigenvalue weighted by molar-refractivity contribution is 0.436. The fourth-order valence-electron chi connectivity index (χ4n) is 2.41. The number of hydrogen-bond acceptors (Lipinski definition) is 1. The van der Waals surface area contributed by atoms with Crippen LogP contribution < -0.4 is 5.32 Å². The molecule has 19 heavy (non-hydrogen) atoms. The number of unbranched alkanes of at least 4 members (excludes halogenated alkanes) is 4. The van der Waals surface area contributed by atoms with Crippen LogP contribution in [0.3, 0.4) is 0 Å². The van der Waals surface area contributed by atoms with E-state index in [2.05, 4.69) is 26.1 Å². The molecule has 0 saturated carbocycles. The zero-order valence-electron chi connectivity index (χ0n) is 12.6. The third-order valence-electron chi connectivity index (χ3n) is 3.65. The Kier molecular flexibility index (Phi) is 7.73. The summed E-state index contributed by atoms with van der Waals surface area (Å²) in [6.45, 7) is 6.62. The summed E-state index contributed by atoms with van der Waals surface area (Å²) in [6.07, 6.45) is 7.87. The Labute approximate surface area is 117 Å². The first-order valence-corrected chi connectivity index (χ1v) is 7.65. The average Bonchev–Trinajstić information content (AvgIpc) is 2.39. The van der Waals surface area contributed by atoms with E-state index in [1.165, 1.54) is 50.7 Å². The summed E-state index contributed by atoms with van der Waals surface area (Å²) in [5.41, 5.74) is 1.15. The molecule has 2 heteroatoms. The highest BCUT2D eigenvalue weighted by Gasteiger charge is 2.09. The van der Waals surface area contributed by atoms with Crippen LogP contribution in [0.5, 0.6) is 0 Å². The minimum Gasteiger partial charge on any atom is -0.308 e. The molecule has 0 aromatic heterocycles. The fraction of sp³-hybridized carbons (Fsp3) is 0.647. The van der Waals surface area contributed by atoms with Gasteiger partial charge < -0.3 is 5.32 Å². The van der Waals surface area contributed by atoms with E-state index < -0.39 is 0 Å². The van der Waals surface area contributed by atoms with Crippen molar-refractivity contribution in [3.05, 3.63) is 35.6 Å². The Bertz CT molecular complexity index is 334. The summed E-state index contributed by atoms with van der Waals surface area (Å²) in [7, 11) is 0. The second kappa shape index (κ2) is 9.08. The molecule has 0 bridgehead atoms. The van der Waals surface area contributed by atoms with E-state index >= 15 is 0 Å². The summed E-state index contributed by atoms with van der Waals surface area (Å²) in [5, 5.41) is 3.58. The Hall–Kier alpha value is -0.890. The molecule has 0 amide bonds. The van der Waals surface area contributed by atoms with E-state index in [4.69, 9.17) is 0 Å². The van der Waals surface area contributed by atoms with Gasteiger partial charge in [0.2, 0.25) is 0 Å². The van der Waals surface area contributed by atoms with Crippen molar-refractivity contribution < 1.29 is 4.39 Å². The van der Waals surface area contributed by atoms with E-state index in [0.29, 0.717) is 6.04 Å². The SMILES string of the molecule is CCCCCCCC(C)NC(C)c1ccc(F)cc1. The molecule has 1 N–H and O–H groups in total. The van der Waals surface area contributed by atoms with Gasteiger partial charge in [0, 0.05) is 12.1 Å². The standard InChI is InChI=1S/C17H28FN/c1-4-5-6-7-8-9-14(2)19-15(3)16-10-12-17(18)13-11-16/h10-15,19H,4-9H2,1-3H3. The van der Waals surface area contributed by atoms with Crippen molar-refractivity contribution in [1.82, 2.24) is 5.32 Å². The smallest absolute Gasteiger partial charge is 0.123 e. The van der Waals surface area contributed by atoms with Crippen LogP contribution in [0.15, 0.2) is 24.3 Å². The fourth-order valence-corrected chi connectivity index (χ4v) is 2.41. The highest BCUT2D eigenvalue weighted by molar-refractivity contribution is 5.19. The lowest BCUT2D eigenvalue weighted by Gasteiger charge is -2.20. The molecule has 0 aliphatic heterocycles. The molecule has 0 aliphatic rings. The normalized spacial score (nSPS) is 14.3. The zero-order chi connectivity index (χ0) is 14.1. The van der Waals surface area contributed by atoms with Crippen LogP contribution in [0.4, 0.5) is 4.39 Å². The summed E-state index contributed by atoms with van der Waals surface area (Å²) < 4.78 is 12.9. The topological polar surface area (TPSA) is 12.0 Å². The van der Waals surface area contributed by atoms with Crippen LogP contribution in [-0.4, -0.2) is 6.04 Å². The third kappa shape index (κ3) is 6.72. The van der Waals surface area contributed by atoms with Gasteiger partial charge in [0.25, 0.3) is 0 Å². The molecule has 0 heterocycles. The Morgan fingerprint density at radius 1 is 1.00 bits per heavy atom. The Morgan fingerprint density at radius 2 is 1.63 bits per heavy atom. The number of nitrogens with one attached hydrogen (secondary N) is 1. The van der Waals surface area contributed by atoms with Gasteiger partial charge in [0.1, 0.15) is 5.82 Å². The van der Waals surface area contributed by atoms with Gasteiger partial charge in [0.15, 0.2) is 0 Å². The van der Waals surface area contributed by atoms with Crippen LogP contribution in [0.25, 0.3) is 0 Å². The first kappa shape index (κ1) is 16.2. The first-order valence-electron chi connectivity index (χ1n) is 7.65. The van der Waals surface area contributed by atoms with Crippen molar-refractivity contribution in [2.75, 3.05) is 0 Å². The minimum atomic E-state index is -0.167. The monoisotopic (exact) mass is 265 g/mol. The Balaban J connectivity index is 2.23. The van der Waals surface area contributed by atoms with Gasteiger partial charge in [-0.3, -0.25) is 0 Å². The molecule has 1 nitrogen and oxygen atoms in total. The molecule has 0 aliphatic carbocycles. The Morgan fingerprint density at radius 3 is 2.26 bits per heavy atom. The summed E-state index contributed by atoms with van der Waals surface area (Å²) >= 11 is 0. The van der Waals surface area contributed by atoms with E-state index in [1.807, 2.05) is 12.1 Å². The molecule has 0 fully saturated rings. The van der Waals surface area contributed by atoms with Crippen molar-refractivity contribution in [2.24, 2.45) is 0 Å². The van der Waals surface area contributed by atoms with Crippen molar-refractivity contribution >= 4 is 0 Å². The van der Waals surface area contributed by atoms with Gasteiger partial charge in [0.05, 0.1) is 0 Å². The van der Waals surface area contributed by atoms with Gasteiger partial charge in [-0.2, -0.15) is 0 Å². The van der Waals surface area contributed by atoms with Crippen LogP contribution in [0.2, 0.25) is 0 Å². The van der Waals surface area contributed by atoms with Crippen molar-refractivity contribution in [1.29, 1.82) is 0 Å². The molecule has 108 valence electrons. The average molecular weight is 265 g/mol. The predicted octanol–water partition coefficient (Wildman–Crippen LogP) is 5.23. The van der Waals surface area contributed by atoms with Crippen LogP contribution in [0, 0.1) is 5.82 Å². The summed E-state index contributed by atoms with van der Waals surface area (Å²) in [5.74, 6) is -0.167. The third-order valence-corrected chi connectivity index (χ3v) is 3.65. The molecular weight excluding hydrogens is 237 g/mol. The number of halogens is 1. The molecule has 1 aromatic rings. The van der Waals surface area contributed by atoms with Gasteiger partial charge in [-0.15, -0.1) is 0 Å².